The van der Waals surface area contributed by atoms with Gasteiger partial charge in [-0.2, -0.15) is 9.98 Å². The molecule has 7 nitrogen and oxygen atoms in total. The summed E-state index contributed by atoms with van der Waals surface area (Å²) in [5.41, 5.74) is 1.71. The monoisotopic (exact) mass is 388 g/mol. The van der Waals surface area contributed by atoms with Gasteiger partial charge in [-0.1, -0.05) is 24.3 Å². The molecule has 3 aromatic rings. The van der Waals surface area contributed by atoms with Gasteiger partial charge in [0.2, 0.25) is 5.91 Å². The van der Waals surface area contributed by atoms with Crippen LogP contribution < -0.4 is 10.0 Å². The molecule has 3 rings (SSSR count). The van der Waals surface area contributed by atoms with E-state index in [9.17, 15) is 13.2 Å². The first-order chi connectivity index (χ1) is 12.5. The molecule has 1 atom stereocenters. The standard InChI is InChI=1S/C17H16N4O3S2/c18-7-8-19-17(22)15(21-26(23,24)16-6-3-9-25-16)10-12-11-20-14-5-2-1-4-13(12)14/h1-6,9,11,15,20-21H,8,10H2,(H,19,22). The van der Waals surface area contributed by atoms with Crippen molar-refractivity contribution in [1.29, 1.82) is 5.26 Å². The number of H-pyrrole nitrogens is 1. The van der Waals surface area contributed by atoms with Crippen molar-refractivity contribution >= 4 is 38.2 Å². The van der Waals surface area contributed by atoms with Crippen molar-refractivity contribution in [2.75, 3.05) is 6.54 Å². The average Bonchev–Trinajstić information content (AvgIpc) is 3.30. The van der Waals surface area contributed by atoms with E-state index in [0.717, 1.165) is 27.8 Å². The lowest BCUT2D eigenvalue weighted by Gasteiger charge is -2.17. The Labute approximate surface area is 154 Å². The number of fused-ring (bicyclic) bond motifs is 1. The van der Waals surface area contributed by atoms with Crippen molar-refractivity contribution in [2.45, 2.75) is 16.7 Å². The van der Waals surface area contributed by atoms with Crippen molar-refractivity contribution in [3.63, 3.8) is 0 Å². The normalized spacial score (nSPS) is 12.6. The summed E-state index contributed by atoms with van der Waals surface area (Å²) in [6.07, 6.45) is 1.92. The lowest BCUT2D eigenvalue weighted by atomic mass is 10.1. The molecule has 2 aromatic heterocycles. The number of benzene rings is 1. The van der Waals surface area contributed by atoms with E-state index < -0.39 is 22.0 Å². The highest BCUT2D eigenvalue weighted by Gasteiger charge is 2.27. The molecule has 1 aromatic carbocycles. The van der Waals surface area contributed by atoms with E-state index in [1.165, 1.54) is 6.07 Å². The second-order valence-electron chi connectivity index (χ2n) is 5.55. The van der Waals surface area contributed by atoms with Gasteiger partial charge in [-0.05, 0) is 29.5 Å². The van der Waals surface area contributed by atoms with Gasteiger partial charge in [0.25, 0.3) is 10.0 Å². The van der Waals surface area contributed by atoms with Gasteiger partial charge in [-0.25, -0.2) is 8.42 Å². The third kappa shape index (κ3) is 3.94. The fraction of sp³-hybridized carbons (Fsp3) is 0.176. The van der Waals surface area contributed by atoms with Crippen LogP contribution in [0.2, 0.25) is 0 Å². The van der Waals surface area contributed by atoms with E-state index in [1.54, 1.807) is 17.6 Å². The summed E-state index contributed by atoms with van der Waals surface area (Å²) in [6.45, 7) is -0.191. The third-order valence-electron chi connectivity index (χ3n) is 3.81. The summed E-state index contributed by atoms with van der Waals surface area (Å²) in [6, 6.07) is 11.5. The number of sulfonamides is 1. The largest absolute Gasteiger partial charge is 0.361 e. The van der Waals surface area contributed by atoms with Crippen molar-refractivity contribution in [3.8, 4) is 6.07 Å². The number of thiophene rings is 1. The molecule has 0 bridgehead atoms. The van der Waals surface area contributed by atoms with Gasteiger partial charge in [-0.3, -0.25) is 4.79 Å². The van der Waals surface area contributed by atoms with Crippen LogP contribution in [0, 0.1) is 11.3 Å². The Kier molecular flexibility index (Phi) is 5.37. The van der Waals surface area contributed by atoms with Crippen LogP contribution in [0.5, 0.6) is 0 Å². The predicted molar refractivity (Wildman–Crippen MR) is 99.1 cm³/mol. The molecule has 0 spiro atoms. The number of para-hydroxylation sites is 1. The zero-order valence-corrected chi connectivity index (χ0v) is 15.2. The molecule has 0 saturated heterocycles. The van der Waals surface area contributed by atoms with E-state index in [1.807, 2.05) is 30.3 Å². The summed E-state index contributed by atoms with van der Waals surface area (Å²) in [4.78, 5) is 15.5. The van der Waals surface area contributed by atoms with Crippen LogP contribution in [-0.4, -0.2) is 31.9 Å². The highest BCUT2D eigenvalue weighted by Crippen LogP contribution is 2.21. The quantitative estimate of drug-likeness (QED) is 0.535. The number of rotatable bonds is 7. The fourth-order valence-corrected chi connectivity index (χ4v) is 4.82. The first-order valence-electron chi connectivity index (χ1n) is 7.77. The van der Waals surface area contributed by atoms with Crippen LogP contribution >= 0.6 is 11.3 Å². The third-order valence-corrected chi connectivity index (χ3v) is 6.68. The summed E-state index contributed by atoms with van der Waals surface area (Å²) >= 11 is 1.07. The summed E-state index contributed by atoms with van der Waals surface area (Å²) in [5.74, 6) is -0.544. The lowest BCUT2D eigenvalue weighted by molar-refractivity contribution is -0.122. The second kappa shape index (κ2) is 7.70. The number of nitriles is 1. The number of amides is 1. The molecule has 3 N–H and O–H groups in total. The molecular formula is C17H16N4O3S2. The maximum absolute atomic E-state index is 12.5. The first kappa shape index (κ1) is 18.1. The average molecular weight is 388 g/mol. The number of nitrogens with one attached hydrogen (secondary N) is 3. The molecule has 9 heteroatoms. The van der Waals surface area contributed by atoms with Crippen LogP contribution in [-0.2, 0) is 21.2 Å². The van der Waals surface area contributed by atoms with E-state index in [2.05, 4.69) is 15.0 Å². The van der Waals surface area contributed by atoms with Crippen LogP contribution in [0.15, 0.2) is 52.2 Å². The molecular weight excluding hydrogens is 372 g/mol. The van der Waals surface area contributed by atoms with Gasteiger partial charge in [0, 0.05) is 17.1 Å². The highest BCUT2D eigenvalue weighted by molar-refractivity contribution is 7.91. The molecule has 2 heterocycles. The molecule has 0 aliphatic carbocycles. The Balaban J connectivity index is 1.88. The van der Waals surface area contributed by atoms with Gasteiger partial charge in [0.1, 0.15) is 16.8 Å². The molecule has 1 unspecified atom stereocenters. The van der Waals surface area contributed by atoms with Crippen LogP contribution in [0.25, 0.3) is 10.9 Å². The molecule has 0 aliphatic heterocycles. The number of hydrogen-bond acceptors (Lipinski definition) is 5. The Morgan fingerprint density at radius 1 is 1.27 bits per heavy atom. The lowest BCUT2D eigenvalue weighted by Crippen LogP contribution is -2.47. The highest BCUT2D eigenvalue weighted by atomic mass is 32.2. The van der Waals surface area contributed by atoms with Crippen LogP contribution in [0.1, 0.15) is 5.56 Å². The smallest absolute Gasteiger partial charge is 0.250 e. The summed E-state index contributed by atoms with van der Waals surface area (Å²) in [5, 5.41) is 13.7. The van der Waals surface area contributed by atoms with Crippen molar-refractivity contribution in [3.05, 3.63) is 53.5 Å². The number of carbonyl (C=O) groups is 1. The molecule has 0 aliphatic rings. The zero-order chi connectivity index (χ0) is 18.6. The molecule has 1 amide bonds. The second-order valence-corrected chi connectivity index (χ2v) is 8.43. The fourth-order valence-electron chi connectivity index (χ4n) is 2.62. The van der Waals surface area contributed by atoms with Gasteiger partial charge in [-0.15, -0.1) is 11.3 Å². The maximum Gasteiger partial charge on any atom is 0.250 e. The van der Waals surface area contributed by atoms with Crippen molar-refractivity contribution < 1.29 is 13.2 Å². The van der Waals surface area contributed by atoms with Crippen molar-refractivity contribution in [1.82, 2.24) is 15.0 Å². The Bertz CT molecular complexity index is 1050. The minimum absolute atomic E-state index is 0.134. The number of hydrogen-bond donors (Lipinski definition) is 3. The molecule has 0 radical (unpaired) electrons. The number of carbonyl (C=O) groups excluding carboxylic acids is 1. The molecule has 0 fully saturated rings. The van der Waals surface area contributed by atoms with E-state index >= 15 is 0 Å². The topological polar surface area (TPSA) is 115 Å². The van der Waals surface area contributed by atoms with E-state index in [4.69, 9.17) is 5.26 Å². The SMILES string of the molecule is N#CCNC(=O)C(Cc1c[nH]c2ccccc12)NS(=O)(=O)c1cccs1. The van der Waals surface area contributed by atoms with Gasteiger partial charge in [0.05, 0.1) is 6.07 Å². The van der Waals surface area contributed by atoms with Crippen LogP contribution in [0.3, 0.4) is 0 Å². The molecule has 26 heavy (non-hydrogen) atoms. The number of aromatic amines is 1. The predicted octanol–water partition coefficient (Wildman–Crippen LogP) is 1.76. The van der Waals surface area contributed by atoms with E-state index in [-0.39, 0.29) is 17.2 Å². The molecule has 0 saturated carbocycles. The minimum atomic E-state index is -3.83. The Morgan fingerprint density at radius 3 is 2.81 bits per heavy atom. The minimum Gasteiger partial charge on any atom is -0.361 e. The molecule has 134 valence electrons. The van der Waals surface area contributed by atoms with Gasteiger partial charge >= 0.3 is 0 Å². The summed E-state index contributed by atoms with van der Waals surface area (Å²) < 4.78 is 27.6. The van der Waals surface area contributed by atoms with Crippen LogP contribution in [0.4, 0.5) is 0 Å². The summed E-state index contributed by atoms with van der Waals surface area (Å²) in [7, 11) is -3.83. The maximum atomic E-state index is 12.5. The zero-order valence-electron chi connectivity index (χ0n) is 13.6. The Morgan fingerprint density at radius 2 is 2.08 bits per heavy atom. The Hall–Kier alpha value is -2.67. The number of aromatic nitrogens is 1. The van der Waals surface area contributed by atoms with Crippen molar-refractivity contribution in [2.24, 2.45) is 0 Å². The first-order valence-corrected chi connectivity index (χ1v) is 10.1. The number of nitrogens with zero attached hydrogens (tertiary/aromatic N) is 1. The van der Waals surface area contributed by atoms with Gasteiger partial charge in [0.15, 0.2) is 0 Å². The van der Waals surface area contributed by atoms with Gasteiger partial charge < -0.3 is 10.3 Å². The van der Waals surface area contributed by atoms with E-state index in [0.29, 0.717) is 0 Å².